The van der Waals surface area contributed by atoms with Crippen LogP contribution in [-0.2, 0) is 5.41 Å². The summed E-state index contributed by atoms with van der Waals surface area (Å²) in [5.41, 5.74) is 0.821. The highest BCUT2D eigenvalue weighted by Gasteiger charge is 2.24. The van der Waals surface area contributed by atoms with E-state index in [1.54, 1.807) is 18.1 Å². The van der Waals surface area contributed by atoms with E-state index in [1.165, 1.54) is 0 Å². The van der Waals surface area contributed by atoms with Crippen LogP contribution in [-0.4, -0.2) is 20.1 Å². The molecular formula is C16H18N4OS. The maximum absolute atomic E-state index is 5.41. The monoisotopic (exact) mass is 314 g/mol. The van der Waals surface area contributed by atoms with Gasteiger partial charge in [0.15, 0.2) is 5.82 Å². The largest absolute Gasteiger partial charge is 0.338 e. The molecule has 1 atom stereocenters. The lowest BCUT2D eigenvalue weighted by Crippen LogP contribution is -2.13. The maximum Gasteiger partial charge on any atom is 0.239 e. The zero-order valence-corrected chi connectivity index (χ0v) is 13.9. The van der Waals surface area contributed by atoms with Gasteiger partial charge in [-0.05, 0) is 13.0 Å². The predicted molar refractivity (Wildman–Crippen MR) is 86.8 cm³/mol. The van der Waals surface area contributed by atoms with Gasteiger partial charge in [0.25, 0.3) is 0 Å². The number of rotatable bonds is 3. The zero-order chi connectivity index (χ0) is 15.7. The summed E-state index contributed by atoms with van der Waals surface area (Å²) >= 11 is 1.60. The molecule has 0 N–H and O–H groups in total. The van der Waals surface area contributed by atoms with Gasteiger partial charge in [0.05, 0.1) is 10.8 Å². The lowest BCUT2D eigenvalue weighted by atomic mass is 9.96. The molecule has 6 heteroatoms. The first-order chi connectivity index (χ1) is 10.4. The van der Waals surface area contributed by atoms with Crippen molar-refractivity contribution in [3.05, 3.63) is 42.3 Å². The van der Waals surface area contributed by atoms with Gasteiger partial charge in [-0.1, -0.05) is 55.9 Å². The van der Waals surface area contributed by atoms with Crippen molar-refractivity contribution in [1.29, 1.82) is 0 Å². The van der Waals surface area contributed by atoms with Gasteiger partial charge in [0.2, 0.25) is 5.89 Å². The SMILES string of the molecule is CC(Sc1ncnc2ccccc12)c1nc(C(C)(C)C)no1. The first-order valence-electron chi connectivity index (χ1n) is 7.15. The molecule has 0 aliphatic heterocycles. The van der Waals surface area contributed by atoms with Crippen LogP contribution in [0.3, 0.4) is 0 Å². The van der Waals surface area contributed by atoms with Crippen LogP contribution >= 0.6 is 11.8 Å². The smallest absolute Gasteiger partial charge is 0.239 e. The summed E-state index contributed by atoms with van der Waals surface area (Å²) in [6.07, 6.45) is 1.59. The predicted octanol–water partition coefficient (Wildman–Crippen LogP) is 4.16. The summed E-state index contributed by atoms with van der Waals surface area (Å²) in [4.78, 5) is 13.2. The molecule has 3 rings (SSSR count). The van der Waals surface area contributed by atoms with Crippen LogP contribution < -0.4 is 0 Å². The number of hydrogen-bond acceptors (Lipinski definition) is 6. The number of para-hydroxylation sites is 1. The quantitative estimate of drug-likeness (QED) is 0.534. The van der Waals surface area contributed by atoms with Crippen LogP contribution in [0, 0.1) is 0 Å². The van der Waals surface area contributed by atoms with Gasteiger partial charge in [0, 0.05) is 10.8 Å². The lowest BCUT2D eigenvalue weighted by Gasteiger charge is -2.11. The second-order valence-corrected chi connectivity index (χ2v) is 7.49. The standard InChI is InChI=1S/C16H18N4OS/c1-10(13-19-15(20-21-13)16(2,3)4)22-14-11-7-5-6-8-12(11)17-9-18-14/h5-10H,1-4H3. The molecule has 5 nitrogen and oxygen atoms in total. The van der Waals surface area contributed by atoms with Crippen molar-refractivity contribution >= 4 is 22.7 Å². The van der Waals surface area contributed by atoms with E-state index in [4.69, 9.17) is 4.52 Å². The molecule has 0 radical (unpaired) electrons. The molecule has 0 bridgehead atoms. The minimum Gasteiger partial charge on any atom is -0.338 e. The van der Waals surface area contributed by atoms with Crippen LogP contribution in [0.15, 0.2) is 40.1 Å². The second kappa shape index (κ2) is 5.68. The van der Waals surface area contributed by atoms with Crippen molar-refractivity contribution in [2.24, 2.45) is 0 Å². The molecule has 114 valence electrons. The fraction of sp³-hybridized carbons (Fsp3) is 0.375. The fourth-order valence-corrected chi connectivity index (χ4v) is 2.94. The molecule has 2 aromatic heterocycles. The Kier molecular flexibility index (Phi) is 3.87. The van der Waals surface area contributed by atoms with Gasteiger partial charge in [-0.3, -0.25) is 0 Å². The Morgan fingerprint density at radius 1 is 1.14 bits per heavy atom. The minimum atomic E-state index is -0.117. The minimum absolute atomic E-state index is 0.0295. The van der Waals surface area contributed by atoms with E-state index >= 15 is 0 Å². The molecule has 0 fully saturated rings. The molecule has 0 aliphatic rings. The van der Waals surface area contributed by atoms with Crippen LogP contribution in [0.4, 0.5) is 0 Å². The molecular weight excluding hydrogens is 296 g/mol. The highest BCUT2D eigenvalue weighted by atomic mass is 32.2. The molecule has 0 aliphatic carbocycles. The van der Waals surface area contributed by atoms with E-state index in [0.29, 0.717) is 5.89 Å². The Morgan fingerprint density at radius 2 is 1.91 bits per heavy atom. The van der Waals surface area contributed by atoms with Crippen molar-refractivity contribution in [3.63, 3.8) is 0 Å². The summed E-state index contributed by atoms with van der Waals surface area (Å²) in [6, 6.07) is 7.97. The van der Waals surface area contributed by atoms with Gasteiger partial charge in [0.1, 0.15) is 11.4 Å². The highest BCUT2D eigenvalue weighted by molar-refractivity contribution is 7.99. The topological polar surface area (TPSA) is 64.7 Å². The number of hydrogen-bond donors (Lipinski definition) is 0. The third kappa shape index (κ3) is 2.97. The number of aromatic nitrogens is 4. The van der Waals surface area contributed by atoms with Crippen molar-refractivity contribution < 1.29 is 4.52 Å². The molecule has 0 saturated carbocycles. The summed E-state index contributed by atoms with van der Waals surface area (Å²) in [5, 5.41) is 6.07. The normalized spacial score (nSPS) is 13.5. The van der Waals surface area contributed by atoms with Gasteiger partial charge in [-0.2, -0.15) is 4.98 Å². The number of nitrogens with zero attached hydrogens (tertiary/aromatic N) is 4. The van der Waals surface area contributed by atoms with E-state index < -0.39 is 0 Å². The van der Waals surface area contributed by atoms with Gasteiger partial charge < -0.3 is 4.52 Å². The molecule has 3 aromatic rings. The maximum atomic E-state index is 5.41. The van der Waals surface area contributed by atoms with Crippen LogP contribution in [0.5, 0.6) is 0 Å². The molecule has 22 heavy (non-hydrogen) atoms. The summed E-state index contributed by atoms with van der Waals surface area (Å²) < 4.78 is 5.41. The molecule has 0 spiro atoms. The van der Waals surface area contributed by atoms with E-state index in [0.717, 1.165) is 21.8 Å². The Labute approximate surface area is 133 Å². The Morgan fingerprint density at radius 3 is 2.64 bits per heavy atom. The van der Waals surface area contributed by atoms with Crippen LogP contribution in [0.2, 0.25) is 0 Å². The van der Waals surface area contributed by atoms with Gasteiger partial charge in [-0.25, -0.2) is 9.97 Å². The van der Waals surface area contributed by atoms with E-state index in [1.807, 2.05) is 31.2 Å². The summed E-state index contributed by atoms with van der Waals surface area (Å²) in [5.74, 6) is 1.35. The Hall–Kier alpha value is -1.95. The number of fused-ring (bicyclic) bond motifs is 1. The van der Waals surface area contributed by atoms with Crippen molar-refractivity contribution in [2.75, 3.05) is 0 Å². The Bertz CT molecular complexity index is 789. The third-order valence-corrected chi connectivity index (χ3v) is 4.36. The van der Waals surface area contributed by atoms with E-state index in [2.05, 4.69) is 40.9 Å². The van der Waals surface area contributed by atoms with Crippen molar-refractivity contribution in [2.45, 2.75) is 43.4 Å². The number of thioether (sulfide) groups is 1. The summed E-state index contributed by atoms with van der Waals surface area (Å²) in [7, 11) is 0. The first-order valence-corrected chi connectivity index (χ1v) is 8.03. The average Bonchev–Trinajstić information content (AvgIpc) is 2.98. The van der Waals surface area contributed by atoms with Crippen LogP contribution in [0.25, 0.3) is 10.9 Å². The molecule has 2 heterocycles. The zero-order valence-electron chi connectivity index (χ0n) is 13.1. The Balaban J connectivity index is 1.87. The lowest BCUT2D eigenvalue weighted by molar-refractivity contribution is 0.364. The van der Waals surface area contributed by atoms with Gasteiger partial charge in [-0.15, -0.1) is 0 Å². The van der Waals surface area contributed by atoms with E-state index in [9.17, 15) is 0 Å². The molecule has 1 unspecified atom stereocenters. The second-order valence-electron chi connectivity index (χ2n) is 6.16. The van der Waals surface area contributed by atoms with Crippen molar-refractivity contribution in [3.8, 4) is 0 Å². The summed E-state index contributed by atoms with van der Waals surface area (Å²) in [6.45, 7) is 8.24. The van der Waals surface area contributed by atoms with Crippen LogP contribution in [0.1, 0.15) is 44.7 Å². The fourth-order valence-electron chi connectivity index (χ4n) is 2.00. The highest BCUT2D eigenvalue weighted by Crippen LogP contribution is 2.36. The molecule has 0 saturated heterocycles. The van der Waals surface area contributed by atoms with E-state index in [-0.39, 0.29) is 10.7 Å². The third-order valence-electron chi connectivity index (χ3n) is 3.25. The molecule has 1 aromatic carbocycles. The van der Waals surface area contributed by atoms with Gasteiger partial charge >= 0.3 is 0 Å². The molecule has 0 amide bonds. The van der Waals surface area contributed by atoms with Crippen molar-refractivity contribution in [1.82, 2.24) is 20.1 Å². The number of benzene rings is 1. The average molecular weight is 314 g/mol. The first kappa shape index (κ1) is 15.0.